The van der Waals surface area contributed by atoms with Crippen LogP contribution in [0.3, 0.4) is 0 Å². The minimum absolute atomic E-state index is 0.696. The minimum Gasteiger partial charge on any atom is -0.497 e. The van der Waals surface area contributed by atoms with Gasteiger partial charge in [0, 0.05) is 5.33 Å². The van der Waals surface area contributed by atoms with Crippen molar-refractivity contribution in [2.75, 3.05) is 12.4 Å². The third-order valence-electron chi connectivity index (χ3n) is 2.91. The summed E-state index contributed by atoms with van der Waals surface area (Å²) in [6.45, 7) is 6.32. The maximum Gasteiger partial charge on any atom is 0.118 e. The van der Waals surface area contributed by atoms with Crippen LogP contribution in [-0.4, -0.2) is 12.4 Å². The van der Waals surface area contributed by atoms with E-state index in [2.05, 4.69) is 41.6 Å². The molecule has 0 bridgehead atoms. The van der Waals surface area contributed by atoms with Gasteiger partial charge in [0.25, 0.3) is 0 Å². The highest BCUT2D eigenvalue weighted by molar-refractivity contribution is 9.09. The predicted octanol–water partition coefficient (Wildman–Crippen LogP) is 4.61. The van der Waals surface area contributed by atoms with E-state index in [1.165, 1.54) is 17.6 Å². The molecule has 0 saturated heterocycles. The Labute approximate surface area is 113 Å². The maximum atomic E-state index is 5.15. The Kier molecular flexibility index (Phi) is 6.35. The Balaban J connectivity index is 2.36. The molecule has 1 nitrogen and oxygen atoms in total. The molecular formula is C15H21BrO. The van der Waals surface area contributed by atoms with Gasteiger partial charge in [-0.25, -0.2) is 0 Å². The van der Waals surface area contributed by atoms with Crippen molar-refractivity contribution in [1.82, 2.24) is 0 Å². The van der Waals surface area contributed by atoms with Crippen LogP contribution >= 0.6 is 15.9 Å². The zero-order valence-electron chi connectivity index (χ0n) is 10.7. The Morgan fingerprint density at radius 3 is 2.53 bits per heavy atom. The van der Waals surface area contributed by atoms with Crippen molar-refractivity contribution >= 4 is 15.9 Å². The average Bonchev–Trinajstić information content (AvgIpc) is 2.36. The molecule has 1 rings (SSSR count). The van der Waals surface area contributed by atoms with Crippen molar-refractivity contribution in [3.05, 3.63) is 42.0 Å². The van der Waals surface area contributed by atoms with E-state index in [0.29, 0.717) is 5.92 Å². The summed E-state index contributed by atoms with van der Waals surface area (Å²) in [5.41, 5.74) is 2.66. The van der Waals surface area contributed by atoms with E-state index >= 15 is 0 Å². The third kappa shape index (κ3) is 5.40. The molecular weight excluding hydrogens is 276 g/mol. The summed E-state index contributed by atoms with van der Waals surface area (Å²) in [4.78, 5) is 0. The summed E-state index contributed by atoms with van der Waals surface area (Å²) in [6, 6.07) is 8.34. The number of ether oxygens (including phenoxy) is 1. The number of halogens is 1. The molecule has 0 radical (unpaired) electrons. The smallest absolute Gasteiger partial charge is 0.118 e. The van der Waals surface area contributed by atoms with Gasteiger partial charge in [0.15, 0.2) is 0 Å². The molecule has 0 heterocycles. The van der Waals surface area contributed by atoms with E-state index in [9.17, 15) is 0 Å². The molecule has 94 valence electrons. The van der Waals surface area contributed by atoms with E-state index in [4.69, 9.17) is 4.74 Å². The number of alkyl halides is 1. The lowest BCUT2D eigenvalue weighted by Crippen LogP contribution is -1.99. The maximum absolute atomic E-state index is 5.15. The number of hydrogen-bond acceptors (Lipinski definition) is 1. The summed E-state index contributed by atoms with van der Waals surface area (Å²) in [5.74, 6) is 1.62. The quantitative estimate of drug-likeness (QED) is 0.527. The number of rotatable bonds is 7. The molecule has 17 heavy (non-hydrogen) atoms. The van der Waals surface area contributed by atoms with Gasteiger partial charge in [-0.2, -0.15) is 0 Å². The molecule has 0 amide bonds. The van der Waals surface area contributed by atoms with Gasteiger partial charge in [-0.1, -0.05) is 47.1 Å². The van der Waals surface area contributed by atoms with Gasteiger partial charge in [0.1, 0.15) is 5.75 Å². The molecule has 0 aliphatic rings. The SMILES string of the molecule is C=C(CBr)C[C@H](C)CCc1ccc(OC)cc1. The number of hydrogen-bond donors (Lipinski definition) is 0. The van der Waals surface area contributed by atoms with Crippen molar-refractivity contribution < 1.29 is 4.74 Å². The summed E-state index contributed by atoms with van der Waals surface area (Å²) in [7, 11) is 1.70. The molecule has 0 spiro atoms. The van der Waals surface area contributed by atoms with Crippen LogP contribution in [0.4, 0.5) is 0 Å². The second-order valence-electron chi connectivity index (χ2n) is 4.58. The molecule has 2 heteroatoms. The number of methoxy groups -OCH3 is 1. The Morgan fingerprint density at radius 1 is 1.35 bits per heavy atom. The monoisotopic (exact) mass is 296 g/mol. The fourth-order valence-electron chi connectivity index (χ4n) is 1.85. The predicted molar refractivity (Wildman–Crippen MR) is 78.0 cm³/mol. The Bertz CT molecular complexity index is 342. The normalized spacial score (nSPS) is 12.2. The zero-order chi connectivity index (χ0) is 12.7. The minimum atomic E-state index is 0.696. The van der Waals surface area contributed by atoms with E-state index in [1.54, 1.807) is 7.11 Å². The van der Waals surface area contributed by atoms with Gasteiger partial charge >= 0.3 is 0 Å². The van der Waals surface area contributed by atoms with E-state index < -0.39 is 0 Å². The molecule has 1 aromatic carbocycles. The standard InChI is InChI=1S/C15H21BrO/c1-12(10-13(2)11-16)4-5-14-6-8-15(17-3)9-7-14/h6-9,12H,2,4-5,10-11H2,1,3H3/t12-/m1/s1. The van der Waals surface area contributed by atoms with Crippen LogP contribution in [0.2, 0.25) is 0 Å². The van der Waals surface area contributed by atoms with Gasteiger partial charge in [-0.15, -0.1) is 0 Å². The van der Waals surface area contributed by atoms with Crippen molar-refractivity contribution in [2.24, 2.45) is 5.92 Å². The van der Waals surface area contributed by atoms with Gasteiger partial charge in [0.05, 0.1) is 7.11 Å². The van der Waals surface area contributed by atoms with Crippen molar-refractivity contribution in [1.29, 1.82) is 0 Å². The molecule has 0 aromatic heterocycles. The Hall–Kier alpha value is -0.760. The van der Waals surface area contributed by atoms with E-state index in [1.807, 2.05) is 12.1 Å². The van der Waals surface area contributed by atoms with Crippen LogP contribution in [0.15, 0.2) is 36.4 Å². The summed E-state index contributed by atoms with van der Waals surface area (Å²) < 4.78 is 5.15. The van der Waals surface area contributed by atoms with Gasteiger partial charge in [-0.05, 0) is 42.9 Å². The fraction of sp³-hybridized carbons (Fsp3) is 0.467. The first kappa shape index (κ1) is 14.3. The topological polar surface area (TPSA) is 9.23 Å². The number of benzene rings is 1. The first-order valence-corrected chi connectivity index (χ1v) is 7.13. The highest BCUT2D eigenvalue weighted by atomic mass is 79.9. The highest BCUT2D eigenvalue weighted by Crippen LogP contribution is 2.19. The molecule has 1 aromatic rings. The summed E-state index contributed by atoms with van der Waals surface area (Å²) in [5, 5.41) is 0.917. The van der Waals surface area contributed by atoms with Gasteiger partial charge in [0.2, 0.25) is 0 Å². The molecule has 0 saturated carbocycles. The zero-order valence-corrected chi connectivity index (χ0v) is 12.3. The molecule has 0 unspecified atom stereocenters. The molecule has 0 aliphatic heterocycles. The van der Waals surface area contributed by atoms with Crippen LogP contribution in [-0.2, 0) is 6.42 Å². The lowest BCUT2D eigenvalue weighted by molar-refractivity contribution is 0.414. The molecule has 1 atom stereocenters. The average molecular weight is 297 g/mol. The lowest BCUT2D eigenvalue weighted by atomic mass is 9.95. The van der Waals surface area contributed by atoms with Crippen LogP contribution in [0.1, 0.15) is 25.3 Å². The fourth-order valence-corrected chi connectivity index (χ4v) is 2.08. The summed E-state index contributed by atoms with van der Waals surface area (Å²) >= 11 is 3.44. The third-order valence-corrected chi connectivity index (χ3v) is 3.70. The largest absolute Gasteiger partial charge is 0.497 e. The number of aryl methyl sites for hydroxylation is 1. The molecule has 0 aliphatic carbocycles. The van der Waals surface area contributed by atoms with E-state index in [-0.39, 0.29) is 0 Å². The van der Waals surface area contributed by atoms with E-state index in [0.717, 1.165) is 23.9 Å². The second-order valence-corrected chi connectivity index (χ2v) is 5.14. The van der Waals surface area contributed by atoms with Crippen molar-refractivity contribution in [3.63, 3.8) is 0 Å². The first-order valence-electron chi connectivity index (χ1n) is 6.01. The molecule has 0 N–H and O–H groups in total. The van der Waals surface area contributed by atoms with Crippen LogP contribution in [0.5, 0.6) is 5.75 Å². The lowest BCUT2D eigenvalue weighted by Gasteiger charge is -2.12. The summed E-state index contributed by atoms with van der Waals surface area (Å²) in [6.07, 6.45) is 3.44. The first-order chi connectivity index (χ1) is 8.15. The van der Waals surface area contributed by atoms with Crippen molar-refractivity contribution in [3.8, 4) is 5.75 Å². The number of allylic oxidation sites excluding steroid dienone is 1. The van der Waals surface area contributed by atoms with Crippen LogP contribution in [0, 0.1) is 5.92 Å². The second kappa shape index (κ2) is 7.54. The van der Waals surface area contributed by atoms with Gasteiger partial charge < -0.3 is 4.74 Å². The Morgan fingerprint density at radius 2 is 2.00 bits per heavy atom. The van der Waals surface area contributed by atoms with Crippen LogP contribution in [0.25, 0.3) is 0 Å². The van der Waals surface area contributed by atoms with Crippen molar-refractivity contribution in [2.45, 2.75) is 26.2 Å². The molecule has 0 fully saturated rings. The van der Waals surface area contributed by atoms with Gasteiger partial charge in [-0.3, -0.25) is 0 Å². The highest BCUT2D eigenvalue weighted by Gasteiger charge is 2.04. The van der Waals surface area contributed by atoms with Crippen LogP contribution < -0.4 is 4.74 Å².